The number of nitrogens with one attached hydrogen (secondary N) is 1. The van der Waals surface area contributed by atoms with Crippen molar-refractivity contribution in [3.63, 3.8) is 0 Å². The Bertz CT molecular complexity index is 785. The monoisotopic (exact) mass is 322 g/mol. The Kier molecular flexibility index (Phi) is 3.71. The molecule has 1 N–H and O–H groups in total. The van der Waals surface area contributed by atoms with Crippen LogP contribution < -0.4 is 10.2 Å². The molecule has 5 heteroatoms. The highest BCUT2D eigenvalue weighted by atomic mass is 16.1. The smallest absolute Gasteiger partial charge is 0.251 e. The third kappa shape index (κ3) is 2.44. The first-order chi connectivity index (χ1) is 11.7. The highest BCUT2D eigenvalue weighted by molar-refractivity contribution is 5.94. The van der Waals surface area contributed by atoms with Crippen molar-refractivity contribution in [3.8, 4) is 11.3 Å². The van der Waals surface area contributed by atoms with Crippen molar-refractivity contribution >= 4 is 11.9 Å². The van der Waals surface area contributed by atoms with E-state index < -0.39 is 0 Å². The predicted octanol–water partition coefficient (Wildman–Crippen LogP) is 2.59. The Morgan fingerprint density at radius 3 is 2.62 bits per heavy atom. The first kappa shape index (κ1) is 15.1. The number of carbonyl (C=O) groups excluding carboxylic acids is 1. The van der Waals surface area contributed by atoms with Gasteiger partial charge in [-0.2, -0.15) is 0 Å². The van der Waals surface area contributed by atoms with Crippen LogP contribution in [-0.4, -0.2) is 35.5 Å². The second-order valence-electron chi connectivity index (χ2n) is 6.64. The maximum atomic E-state index is 11.7. The Balaban J connectivity index is 1.75. The number of hydrogen-bond donors (Lipinski definition) is 1. The molecule has 0 bridgehead atoms. The van der Waals surface area contributed by atoms with E-state index in [1.54, 1.807) is 7.05 Å². The number of carbonyl (C=O) groups is 1. The zero-order chi connectivity index (χ0) is 16.7. The van der Waals surface area contributed by atoms with Crippen LogP contribution in [0.25, 0.3) is 11.3 Å². The molecule has 1 fully saturated rings. The number of amides is 1. The van der Waals surface area contributed by atoms with Gasteiger partial charge in [0.15, 0.2) is 0 Å². The van der Waals surface area contributed by atoms with Crippen LogP contribution in [-0.2, 0) is 12.8 Å². The molecule has 1 saturated heterocycles. The summed E-state index contributed by atoms with van der Waals surface area (Å²) in [4.78, 5) is 23.7. The lowest BCUT2D eigenvalue weighted by atomic mass is 10.0. The van der Waals surface area contributed by atoms with Crippen molar-refractivity contribution in [2.24, 2.45) is 0 Å². The average Bonchev–Trinajstić information content (AvgIpc) is 3.07. The van der Waals surface area contributed by atoms with E-state index in [0.29, 0.717) is 11.6 Å². The first-order valence-corrected chi connectivity index (χ1v) is 8.66. The summed E-state index contributed by atoms with van der Waals surface area (Å²) >= 11 is 0. The van der Waals surface area contributed by atoms with E-state index >= 15 is 0 Å². The summed E-state index contributed by atoms with van der Waals surface area (Å²) in [6.45, 7) is 3.26. The summed E-state index contributed by atoms with van der Waals surface area (Å²) < 4.78 is 0. The van der Waals surface area contributed by atoms with E-state index in [-0.39, 0.29) is 5.91 Å². The number of rotatable bonds is 3. The largest absolute Gasteiger partial charge is 0.355 e. The highest BCUT2D eigenvalue weighted by Crippen LogP contribution is 2.33. The van der Waals surface area contributed by atoms with Gasteiger partial charge in [-0.25, -0.2) is 9.97 Å². The fraction of sp³-hybridized carbons (Fsp3) is 0.421. The fourth-order valence-electron chi connectivity index (χ4n) is 3.52. The molecule has 0 saturated carbocycles. The lowest BCUT2D eigenvalue weighted by Crippen LogP contribution is -2.46. The second kappa shape index (κ2) is 5.89. The molecule has 2 aromatic rings. The van der Waals surface area contributed by atoms with Crippen LogP contribution in [0, 0.1) is 0 Å². The Morgan fingerprint density at radius 1 is 1.21 bits per heavy atom. The summed E-state index contributed by atoms with van der Waals surface area (Å²) in [7, 11) is 1.65. The maximum Gasteiger partial charge on any atom is 0.251 e. The third-order valence-electron chi connectivity index (χ3n) is 5.15. The molecule has 1 aromatic heterocycles. The number of fused-ring (bicyclic) bond motifs is 1. The Hall–Kier alpha value is -2.43. The molecule has 124 valence electrons. The molecule has 2 aliphatic rings. The van der Waals surface area contributed by atoms with Crippen molar-refractivity contribution in [3.05, 3.63) is 41.1 Å². The normalized spacial score (nSPS) is 18.9. The SMILES string of the molecule is CNC(=O)c1ccc(-c2nc(N3CCC3C)nc3c2CCC3)cc1. The lowest BCUT2D eigenvalue weighted by molar-refractivity contribution is 0.0963. The van der Waals surface area contributed by atoms with Crippen LogP contribution in [0.1, 0.15) is 41.4 Å². The number of aryl methyl sites for hydroxylation is 1. The van der Waals surface area contributed by atoms with E-state index in [9.17, 15) is 4.79 Å². The van der Waals surface area contributed by atoms with E-state index in [1.807, 2.05) is 24.3 Å². The minimum absolute atomic E-state index is 0.0652. The molecule has 1 aromatic carbocycles. The molecule has 1 amide bonds. The van der Waals surface area contributed by atoms with Gasteiger partial charge in [-0.1, -0.05) is 12.1 Å². The molecule has 2 heterocycles. The van der Waals surface area contributed by atoms with E-state index in [1.165, 1.54) is 17.7 Å². The van der Waals surface area contributed by atoms with Gasteiger partial charge in [0, 0.05) is 42.0 Å². The zero-order valence-electron chi connectivity index (χ0n) is 14.2. The summed E-state index contributed by atoms with van der Waals surface area (Å²) in [5.74, 6) is 0.796. The van der Waals surface area contributed by atoms with Crippen molar-refractivity contribution < 1.29 is 4.79 Å². The standard InChI is InChI=1S/C19H22N4O/c1-12-10-11-23(12)19-21-16-5-3-4-15(16)17(22-19)13-6-8-14(9-7-13)18(24)20-2/h6-9,12H,3-5,10-11H2,1-2H3,(H,20,24). The zero-order valence-corrected chi connectivity index (χ0v) is 14.2. The summed E-state index contributed by atoms with van der Waals surface area (Å²) in [5, 5.41) is 2.66. The van der Waals surface area contributed by atoms with E-state index in [0.717, 1.165) is 43.0 Å². The van der Waals surface area contributed by atoms with Crippen LogP contribution in [0.15, 0.2) is 24.3 Å². The second-order valence-corrected chi connectivity index (χ2v) is 6.64. The van der Waals surface area contributed by atoms with Crippen LogP contribution >= 0.6 is 0 Å². The van der Waals surface area contributed by atoms with Gasteiger partial charge in [0.05, 0.1) is 5.69 Å². The molecule has 1 atom stereocenters. The lowest BCUT2D eigenvalue weighted by Gasteiger charge is -2.39. The van der Waals surface area contributed by atoms with Crippen LogP contribution in [0.2, 0.25) is 0 Å². The summed E-state index contributed by atoms with van der Waals surface area (Å²) in [6.07, 6.45) is 4.43. The number of anilines is 1. The van der Waals surface area contributed by atoms with Gasteiger partial charge in [-0.15, -0.1) is 0 Å². The molecule has 1 aliphatic carbocycles. The number of benzene rings is 1. The van der Waals surface area contributed by atoms with Gasteiger partial charge in [0.2, 0.25) is 5.95 Å². The van der Waals surface area contributed by atoms with E-state index in [2.05, 4.69) is 17.1 Å². The molecule has 0 radical (unpaired) electrons. The van der Waals surface area contributed by atoms with Crippen LogP contribution in [0.5, 0.6) is 0 Å². The van der Waals surface area contributed by atoms with Gasteiger partial charge in [0.25, 0.3) is 5.91 Å². The van der Waals surface area contributed by atoms with Gasteiger partial charge in [-0.3, -0.25) is 4.79 Å². The third-order valence-corrected chi connectivity index (χ3v) is 5.15. The molecule has 1 unspecified atom stereocenters. The quantitative estimate of drug-likeness (QED) is 0.943. The van der Waals surface area contributed by atoms with Gasteiger partial charge >= 0.3 is 0 Å². The predicted molar refractivity (Wildman–Crippen MR) is 94.3 cm³/mol. The van der Waals surface area contributed by atoms with Gasteiger partial charge in [0.1, 0.15) is 0 Å². The number of hydrogen-bond acceptors (Lipinski definition) is 4. The molecule has 24 heavy (non-hydrogen) atoms. The Labute approximate surface area is 142 Å². The number of aromatic nitrogens is 2. The average molecular weight is 322 g/mol. The van der Waals surface area contributed by atoms with Crippen molar-refractivity contribution in [1.82, 2.24) is 15.3 Å². The molecule has 0 spiro atoms. The molecular weight excluding hydrogens is 300 g/mol. The summed E-state index contributed by atoms with van der Waals surface area (Å²) in [6, 6.07) is 8.24. The fourth-order valence-corrected chi connectivity index (χ4v) is 3.52. The van der Waals surface area contributed by atoms with E-state index in [4.69, 9.17) is 9.97 Å². The van der Waals surface area contributed by atoms with Gasteiger partial charge in [-0.05, 0) is 44.7 Å². The van der Waals surface area contributed by atoms with Crippen LogP contribution in [0.3, 0.4) is 0 Å². The number of nitrogens with zero attached hydrogens (tertiary/aromatic N) is 3. The summed E-state index contributed by atoms with van der Waals surface area (Å²) in [5.41, 5.74) is 5.25. The molecule has 5 nitrogen and oxygen atoms in total. The van der Waals surface area contributed by atoms with Crippen molar-refractivity contribution in [2.45, 2.75) is 38.6 Å². The van der Waals surface area contributed by atoms with Crippen molar-refractivity contribution in [1.29, 1.82) is 0 Å². The Morgan fingerprint density at radius 2 is 2.00 bits per heavy atom. The minimum Gasteiger partial charge on any atom is -0.355 e. The topological polar surface area (TPSA) is 58.1 Å². The van der Waals surface area contributed by atoms with Crippen molar-refractivity contribution in [2.75, 3.05) is 18.5 Å². The minimum atomic E-state index is -0.0652. The first-order valence-electron chi connectivity index (χ1n) is 8.66. The maximum absolute atomic E-state index is 11.7. The molecular formula is C19H22N4O. The highest BCUT2D eigenvalue weighted by Gasteiger charge is 2.29. The van der Waals surface area contributed by atoms with Gasteiger partial charge < -0.3 is 10.2 Å². The molecule has 4 rings (SSSR count). The molecule has 1 aliphatic heterocycles. The van der Waals surface area contributed by atoms with Crippen LogP contribution in [0.4, 0.5) is 5.95 Å².